The molecule has 1 N–H and O–H groups in total. The minimum absolute atomic E-state index is 0.00867. The van der Waals surface area contributed by atoms with Gasteiger partial charge in [0.05, 0.1) is 12.1 Å². The summed E-state index contributed by atoms with van der Waals surface area (Å²) in [5, 5.41) is 3.97. The molecule has 3 heterocycles. The molecule has 0 saturated carbocycles. The fraction of sp³-hybridized carbons (Fsp3) is 0.333. The Morgan fingerprint density at radius 1 is 0.729 bits per heavy atom. The number of para-hydroxylation sites is 2. The number of rotatable bonds is 2. The molecule has 0 spiro atoms. The smallest absolute Gasteiger partial charge is 0.0597 e. The largest absolute Gasteiger partial charge is 0.378 e. The molecule has 4 unspecified atom stereocenters. The second-order valence-corrected chi connectivity index (χ2v) is 16.3. The molecule has 3 aliphatic heterocycles. The van der Waals surface area contributed by atoms with E-state index < -0.39 is 0 Å². The van der Waals surface area contributed by atoms with E-state index in [1.165, 1.54) is 56.4 Å². The molecule has 3 aliphatic carbocycles. The van der Waals surface area contributed by atoms with Crippen molar-refractivity contribution in [1.82, 2.24) is 0 Å². The van der Waals surface area contributed by atoms with E-state index in [0.717, 1.165) is 12.8 Å². The Bertz CT molecular complexity index is 2030. The Kier molecular flexibility index (Phi) is 6.33. The number of nitrogens with zero attached hydrogens (tertiary/aromatic N) is 2. The lowest BCUT2D eigenvalue weighted by Gasteiger charge is -2.51. The molecule has 0 amide bonds. The third kappa shape index (κ3) is 4.06. The molecule has 0 bridgehead atoms. The molecule has 4 atom stereocenters. The van der Waals surface area contributed by atoms with Crippen LogP contribution in [0.3, 0.4) is 0 Å². The van der Waals surface area contributed by atoms with Crippen molar-refractivity contribution >= 4 is 22.7 Å². The maximum atomic E-state index is 3.97. The second kappa shape index (κ2) is 10.3. The van der Waals surface area contributed by atoms with Crippen LogP contribution < -0.4 is 15.1 Å². The third-order valence-corrected chi connectivity index (χ3v) is 12.7. The van der Waals surface area contributed by atoms with Gasteiger partial charge in [0.15, 0.2) is 0 Å². The van der Waals surface area contributed by atoms with Crippen molar-refractivity contribution in [3.05, 3.63) is 155 Å². The van der Waals surface area contributed by atoms with Gasteiger partial charge in [-0.3, -0.25) is 0 Å². The molecule has 3 nitrogen and oxygen atoms in total. The SMILES string of the molecule is CC1(C)C2=CC=CCC2N(c2ccc3c(c2)C(C)(C)C2C=C(N4C5=CC=CCC5C(C)(C)c5ccccc54)C=CC2N3)c2ccccc21. The zero-order chi connectivity index (χ0) is 33.0. The number of nitrogens with one attached hydrogen (secondary N) is 1. The highest BCUT2D eigenvalue weighted by atomic mass is 15.2. The molecule has 48 heavy (non-hydrogen) atoms. The summed E-state index contributed by atoms with van der Waals surface area (Å²) in [5.74, 6) is 0.734. The van der Waals surface area contributed by atoms with Crippen LogP contribution in [0.1, 0.15) is 71.1 Å². The fourth-order valence-corrected chi connectivity index (χ4v) is 9.99. The highest BCUT2D eigenvalue weighted by molar-refractivity contribution is 5.78. The van der Waals surface area contributed by atoms with Crippen LogP contribution in [0.25, 0.3) is 0 Å². The van der Waals surface area contributed by atoms with Crippen LogP contribution in [0.5, 0.6) is 0 Å². The summed E-state index contributed by atoms with van der Waals surface area (Å²) in [6.07, 6.45) is 23.4. The normalized spacial score (nSPS) is 27.9. The zero-order valence-electron chi connectivity index (χ0n) is 29.2. The zero-order valence-corrected chi connectivity index (χ0v) is 29.2. The maximum Gasteiger partial charge on any atom is 0.0597 e. The molecule has 3 aromatic rings. The lowest BCUT2D eigenvalue weighted by molar-refractivity contribution is 0.339. The molecule has 0 fully saturated rings. The van der Waals surface area contributed by atoms with Gasteiger partial charge in [-0.2, -0.15) is 0 Å². The molecular weight excluding hydrogens is 583 g/mol. The number of anilines is 4. The standard InChI is InChI=1S/C45H47N3/c1-43(2)31-15-7-11-19-39(31)47(40-20-12-8-16-32(40)43)29-23-25-37-35(27-29)45(5,6)36-28-30(24-26-38(36)46-37)48-41-21-13-9-17-33(41)44(3,4)34-18-10-14-22-42(34)48/h7-17,19,21-28,34,36,38,40,46H,18,20H2,1-6H3. The van der Waals surface area contributed by atoms with Gasteiger partial charge in [0, 0.05) is 62.2 Å². The number of benzene rings is 3. The minimum Gasteiger partial charge on any atom is -0.378 e. The number of hydrogen-bond acceptors (Lipinski definition) is 3. The Labute approximate surface area is 286 Å². The first-order valence-electron chi connectivity index (χ1n) is 17.9. The predicted molar refractivity (Wildman–Crippen MR) is 202 cm³/mol. The first-order valence-corrected chi connectivity index (χ1v) is 17.9. The minimum atomic E-state index is -0.0915. The number of fused-ring (bicyclic) bond motifs is 6. The average Bonchev–Trinajstić information content (AvgIpc) is 3.09. The second-order valence-electron chi connectivity index (χ2n) is 16.3. The molecule has 9 rings (SSSR count). The van der Waals surface area contributed by atoms with Crippen molar-refractivity contribution in [2.24, 2.45) is 11.8 Å². The quantitative estimate of drug-likeness (QED) is 0.304. The summed E-state index contributed by atoms with van der Waals surface area (Å²) < 4.78 is 0. The van der Waals surface area contributed by atoms with Crippen LogP contribution in [0, 0.1) is 11.8 Å². The van der Waals surface area contributed by atoms with Gasteiger partial charge in [0.2, 0.25) is 0 Å². The number of allylic oxidation sites excluding steroid dienone is 7. The van der Waals surface area contributed by atoms with Gasteiger partial charge in [0.1, 0.15) is 0 Å². The monoisotopic (exact) mass is 629 g/mol. The molecule has 242 valence electrons. The van der Waals surface area contributed by atoms with Gasteiger partial charge in [-0.1, -0.05) is 120 Å². The topological polar surface area (TPSA) is 18.5 Å². The van der Waals surface area contributed by atoms with E-state index in [9.17, 15) is 0 Å². The summed E-state index contributed by atoms with van der Waals surface area (Å²) in [5.41, 5.74) is 13.6. The lowest BCUT2D eigenvalue weighted by atomic mass is 9.64. The summed E-state index contributed by atoms with van der Waals surface area (Å²) in [7, 11) is 0. The molecule has 6 aliphatic rings. The highest BCUT2D eigenvalue weighted by Crippen LogP contribution is 2.55. The van der Waals surface area contributed by atoms with Gasteiger partial charge < -0.3 is 15.1 Å². The summed E-state index contributed by atoms with van der Waals surface area (Å²) in [4.78, 5) is 5.19. The van der Waals surface area contributed by atoms with Gasteiger partial charge in [0.25, 0.3) is 0 Å². The predicted octanol–water partition coefficient (Wildman–Crippen LogP) is 10.8. The molecule has 3 heteroatoms. The van der Waals surface area contributed by atoms with Crippen molar-refractivity contribution in [1.29, 1.82) is 0 Å². The Morgan fingerprint density at radius 2 is 1.46 bits per heavy atom. The summed E-state index contributed by atoms with van der Waals surface area (Å²) in [6, 6.07) is 25.9. The van der Waals surface area contributed by atoms with Crippen LogP contribution in [-0.2, 0) is 16.2 Å². The van der Waals surface area contributed by atoms with Gasteiger partial charge in [-0.15, -0.1) is 0 Å². The van der Waals surface area contributed by atoms with Gasteiger partial charge in [-0.25, -0.2) is 0 Å². The van der Waals surface area contributed by atoms with E-state index in [2.05, 4.69) is 178 Å². The first kappa shape index (κ1) is 29.6. The van der Waals surface area contributed by atoms with Crippen molar-refractivity contribution in [3.63, 3.8) is 0 Å². The molecule has 0 saturated heterocycles. The van der Waals surface area contributed by atoms with Crippen LogP contribution in [0.4, 0.5) is 22.7 Å². The first-order chi connectivity index (χ1) is 23.1. The molecule has 0 aromatic heterocycles. The third-order valence-electron chi connectivity index (χ3n) is 12.7. The van der Waals surface area contributed by atoms with E-state index in [1.807, 2.05) is 0 Å². The van der Waals surface area contributed by atoms with Crippen molar-refractivity contribution in [3.8, 4) is 0 Å². The maximum absolute atomic E-state index is 3.97. The fourth-order valence-electron chi connectivity index (χ4n) is 9.99. The van der Waals surface area contributed by atoms with Crippen LogP contribution in [0.15, 0.2) is 138 Å². The summed E-state index contributed by atoms with van der Waals surface area (Å²) in [6.45, 7) is 14.6. The lowest BCUT2D eigenvalue weighted by Crippen LogP contribution is -2.48. The average molecular weight is 630 g/mol. The van der Waals surface area contributed by atoms with Crippen molar-refractivity contribution < 1.29 is 0 Å². The number of hydrogen-bond donors (Lipinski definition) is 1. The molecular formula is C45H47N3. The van der Waals surface area contributed by atoms with Crippen LogP contribution >= 0.6 is 0 Å². The molecule has 3 aromatic carbocycles. The van der Waals surface area contributed by atoms with Crippen LogP contribution in [-0.4, -0.2) is 12.1 Å². The van der Waals surface area contributed by atoms with E-state index >= 15 is 0 Å². The highest BCUT2D eigenvalue weighted by Gasteiger charge is 2.47. The van der Waals surface area contributed by atoms with Crippen molar-refractivity contribution in [2.75, 3.05) is 15.1 Å². The Morgan fingerprint density at radius 3 is 2.29 bits per heavy atom. The van der Waals surface area contributed by atoms with Crippen LogP contribution in [0.2, 0.25) is 0 Å². The van der Waals surface area contributed by atoms with Gasteiger partial charge in [-0.05, 0) is 77.6 Å². The van der Waals surface area contributed by atoms with E-state index in [4.69, 9.17) is 0 Å². The summed E-state index contributed by atoms with van der Waals surface area (Å²) >= 11 is 0. The molecule has 0 radical (unpaired) electrons. The van der Waals surface area contributed by atoms with E-state index in [1.54, 1.807) is 0 Å². The van der Waals surface area contributed by atoms with Crippen molar-refractivity contribution in [2.45, 2.75) is 82.7 Å². The van der Waals surface area contributed by atoms with Gasteiger partial charge >= 0.3 is 0 Å². The van der Waals surface area contributed by atoms with E-state index in [-0.39, 0.29) is 22.3 Å². The Balaban J connectivity index is 1.14. The van der Waals surface area contributed by atoms with E-state index in [0.29, 0.717) is 17.9 Å². The Hall–Kier alpha value is -4.50.